The number of para-hydroxylation sites is 1. The van der Waals surface area contributed by atoms with E-state index in [4.69, 9.17) is 0 Å². The Morgan fingerprint density at radius 1 is 1.29 bits per heavy atom. The van der Waals surface area contributed by atoms with Crippen molar-refractivity contribution in [3.05, 3.63) is 29.8 Å². The minimum absolute atomic E-state index is 0.382. The van der Waals surface area contributed by atoms with Gasteiger partial charge in [-0.15, -0.1) is 0 Å². The van der Waals surface area contributed by atoms with E-state index in [-0.39, 0.29) is 0 Å². The monoisotopic (exact) mass is 320 g/mol. The van der Waals surface area contributed by atoms with Gasteiger partial charge in [-0.1, -0.05) is 19.4 Å². The molecule has 8 heteroatoms. The van der Waals surface area contributed by atoms with Crippen LogP contribution in [0.15, 0.2) is 18.2 Å². The Morgan fingerprint density at radius 3 is 2.33 bits per heavy atom. The molecule has 0 aliphatic carbocycles. The van der Waals surface area contributed by atoms with Crippen LogP contribution in [0.3, 0.4) is 0 Å². The van der Waals surface area contributed by atoms with E-state index >= 15 is 0 Å². The predicted octanol–water partition coefficient (Wildman–Crippen LogP) is 1.65. The summed E-state index contributed by atoms with van der Waals surface area (Å²) in [7, 11) is -4.00. The number of hydrogen-bond acceptors (Lipinski definition) is 3. The second-order valence-electron chi connectivity index (χ2n) is 4.54. The summed E-state index contributed by atoms with van der Waals surface area (Å²) in [6.45, 7) is 1.65. The summed E-state index contributed by atoms with van der Waals surface area (Å²) < 4.78 is 51.3. The zero-order valence-electron chi connectivity index (χ0n) is 11.9. The van der Waals surface area contributed by atoms with E-state index in [9.17, 15) is 22.0 Å². The van der Waals surface area contributed by atoms with Crippen molar-refractivity contribution >= 4 is 21.6 Å². The molecule has 0 fully saturated rings. The summed E-state index contributed by atoms with van der Waals surface area (Å²) in [5.41, 5.74) is -0.745. The molecule has 0 spiro atoms. The Morgan fingerprint density at radius 2 is 1.86 bits per heavy atom. The molecule has 0 unspecified atom stereocenters. The third kappa shape index (κ3) is 4.96. The van der Waals surface area contributed by atoms with Gasteiger partial charge in [-0.05, 0) is 18.6 Å². The number of benzene rings is 1. The number of hydrogen-bond donors (Lipinski definition) is 1. The first-order chi connectivity index (χ1) is 9.77. The topological polar surface area (TPSA) is 66.5 Å². The van der Waals surface area contributed by atoms with Gasteiger partial charge in [-0.3, -0.25) is 9.10 Å². The number of nitrogens with zero attached hydrogens (tertiary/aromatic N) is 1. The number of nitrogens with one attached hydrogen (secondary N) is 1. The van der Waals surface area contributed by atoms with Gasteiger partial charge < -0.3 is 5.32 Å². The van der Waals surface area contributed by atoms with Crippen molar-refractivity contribution in [3.63, 3.8) is 0 Å². The first kappa shape index (κ1) is 17.4. The minimum Gasteiger partial charge on any atom is -0.355 e. The zero-order chi connectivity index (χ0) is 16.0. The van der Waals surface area contributed by atoms with Crippen molar-refractivity contribution in [3.8, 4) is 0 Å². The lowest BCUT2D eigenvalue weighted by atomic mass is 10.3. The Bertz CT molecular complexity index is 585. The summed E-state index contributed by atoms with van der Waals surface area (Å²) in [6, 6.07) is 2.99. The molecule has 0 aromatic heterocycles. The van der Waals surface area contributed by atoms with Crippen molar-refractivity contribution in [1.29, 1.82) is 0 Å². The minimum atomic E-state index is -4.00. The molecule has 1 amide bonds. The zero-order valence-corrected chi connectivity index (χ0v) is 12.7. The smallest absolute Gasteiger partial charge is 0.240 e. The average molecular weight is 320 g/mol. The molecule has 0 bridgehead atoms. The van der Waals surface area contributed by atoms with Gasteiger partial charge in [0, 0.05) is 6.54 Å². The predicted molar refractivity (Wildman–Crippen MR) is 76.5 cm³/mol. The molecule has 1 rings (SSSR count). The maximum Gasteiger partial charge on any atom is 0.240 e. The molecule has 0 saturated carbocycles. The van der Waals surface area contributed by atoms with E-state index in [0.29, 0.717) is 10.8 Å². The van der Waals surface area contributed by atoms with Crippen LogP contribution in [0, 0.1) is 11.6 Å². The number of carbonyl (C=O) groups is 1. The van der Waals surface area contributed by atoms with E-state index in [0.717, 1.165) is 37.3 Å². The molecule has 1 aromatic carbocycles. The summed E-state index contributed by atoms with van der Waals surface area (Å²) in [4.78, 5) is 11.7. The summed E-state index contributed by atoms with van der Waals surface area (Å²) in [6.07, 6.45) is 2.38. The second kappa shape index (κ2) is 7.35. The van der Waals surface area contributed by atoms with Crippen molar-refractivity contribution < 1.29 is 22.0 Å². The van der Waals surface area contributed by atoms with Gasteiger partial charge in [0.05, 0.1) is 6.26 Å². The number of amides is 1. The van der Waals surface area contributed by atoms with Crippen LogP contribution in [-0.4, -0.2) is 33.7 Å². The Kier molecular flexibility index (Phi) is 6.07. The second-order valence-corrected chi connectivity index (χ2v) is 6.45. The lowest BCUT2D eigenvalue weighted by molar-refractivity contribution is -0.119. The van der Waals surface area contributed by atoms with Crippen LogP contribution < -0.4 is 9.62 Å². The van der Waals surface area contributed by atoms with E-state index in [1.165, 1.54) is 0 Å². The first-order valence-electron chi connectivity index (χ1n) is 6.45. The van der Waals surface area contributed by atoms with Crippen molar-refractivity contribution in [2.75, 3.05) is 23.7 Å². The molecule has 0 aliphatic rings. The van der Waals surface area contributed by atoms with Crippen molar-refractivity contribution in [2.45, 2.75) is 19.8 Å². The van der Waals surface area contributed by atoms with E-state index in [1.807, 2.05) is 6.92 Å². The van der Waals surface area contributed by atoms with Crippen LogP contribution in [0.5, 0.6) is 0 Å². The Hall–Kier alpha value is -1.70. The molecular formula is C13H18F2N2O3S. The van der Waals surface area contributed by atoms with Gasteiger partial charge in [0.15, 0.2) is 11.6 Å². The van der Waals surface area contributed by atoms with E-state index in [1.54, 1.807) is 0 Å². The molecule has 21 heavy (non-hydrogen) atoms. The summed E-state index contributed by atoms with van der Waals surface area (Å²) in [5.74, 6) is -2.69. The highest BCUT2D eigenvalue weighted by molar-refractivity contribution is 7.92. The van der Waals surface area contributed by atoms with Gasteiger partial charge >= 0.3 is 0 Å². The highest BCUT2D eigenvalue weighted by atomic mass is 32.2. The fourth-order valence-electron chi connectivity index (χ4n) is 1.68. The fraction of sp³-hybridized carbons (Fsp3) is 0.462. The number of carbonyl (C=O) groups excluding carboxylic acids is 1. The van der Waals surface area contributed by atoms with Crippen LogP contribution in [0.25, 0.3) is 0 Å². The van der Waals surface area contributed by atoms with Crippen LogP contribution in [0.2, 0.25) is 0 Å². The number of sulfonamides is 1. The molecule has 0 atom stereocenters. The largest absolute Gasteiger partial charge is 0.355 e. The molecule has 1 aromatic rings. The third-order valence-electron chi connectivity index (χ3n) is 2.73. The number of unbranched alkanes of at least 4 members (excludes halogenated alkanes) is 1. The van der Waals surface area contributed by atoms with Crippen LogP contribution >= 0.6 is 0 Å². The quantitative estimate of drug-likeness (QED) is 0.777. The maximum absolute atomic E-state index is 13.7. The Labute approximate surface area is 123 Å². The van der Waals surface area contributed by atoms with Crippen LogP contribution in [-0.2, 0) is 14.8 Å². The van der Waals surface area contributed by atoms with Crippen molar-refractivity contribution in [2.24, 2.45) is 0 Å². The molecule has 0 radical (unpaired) electrons. The molecule has 0 heterocycles. The SMILES string of the molecule is CCCCNC(=O)CN(c1c(F)cccc1F)S(C)(=O)=O. The molecule has 118 valence electrons. The van der Waals surface area contributed by atoms with Crippen LogP contribution in [0.1, 0.15) is 19.8 Å². The summed E-state index contributed by atoms with van der Waals surface area (Å²) >= 11 is 0. The Balaban J connectivity index is 3.01. The molecule has 0 saturated heterocycles. The van der Waals surface area contributed by atoms with E-state index in [2.05, 4.69) is 5.32 Å². The first-order valence-corrected chi connectivity index (χ1v) is 8.30. The molecule has 1 N–H and O–H groups in total. The molecular weight excluding hydrogens is 302 g/mol. The normalized spacial score (nSPS) is 11.2. The van der Waals surface area contributed by atoms with Gasteiger partial charge in [0.2, 0.25) is 15.9 Å². The highest BCUT2D eigenvalue weighted by Gasteiger charge is 2.26. The standard InChI is InChI=1S/C13H18F2N2O3S/c1-3-4-8-16-12(18)9-17(21(2,19)20)13-10(14)6-5-7-11(13)15/h5-7H,3-4,8-9H2,1-2H3,(H,16,18). The van der Waals surface area contributed by atoms with Gasteiger partial charge in [-0.2, -0.15) is 0 Å². The van der Waals surface area contributed by atoms with Crippen LogP contribution in [0.4, 0.5) is 14.5 Å². The molecule has 5 nitrogen and oxygen atoms in total. The lowest BCUT2D eigenvalue weighted by Gasteiger charge is -2.22. The lowest BCUT2D eigenvalue weighted by Crippen LogP contribution is -2.41. The van der Waals surface area contributed by atoms with Gasteiger partial charge in [0.1, 0.15) is 12.2 Å². The number of halogens is 2. The summed E-state index contributed by atoms with van der Waals surface area (Å²) in [5, 5.41) is 2.50. The van der Waals surface area contributed by atoms with Gasteiger partial charge in [0.25, 0.3) is 0 Å². The maximum atomic E-state index is 13.7. The van der Waals surface area contributed by atoms with Crippen molar-refractivity contribution in [1.82, 2.24) is 5.32 Å². The third-order valence-corrected chi connectivity index (χ3v) is 3.84. The van der Waals surface area contributed by atoms with E-state index < -0.39 is 39.8 Å². The number of rotatable bonds is 7. The van der Waals surface area contributed by atoms with Gasteiger partial charge in [-0.25, -0.2) is 17.2 Å². The number of anilines is 1. The molecule has 0 aliphatic heterocycles. The average Bonchev–Trinajstić information content (AvgIpc) is 2.36. The highest BCUT2D eigenvalue weighted by Crippen LogP contribution is 2.25. The fourth-order valence-corrected chi connectivity index (χ4v) is 2.54.